The van der Waals surface area contributed by atoms with Crippen LogP contribution < -0.4 is 10.3 Å². The van der Waals surface area contributed by atoms with Crippen molar-refractivity contribution < 1.29 is 14.4 Å². The molecule has 0 spiro atoms. The average Bonchev–Trinajstić information content (AvgIpc) is 2.93. The van der Waals surface area contributed by atoms with Gasteiger partial charge in [-0.1, -0.05) is 0 Å². The summed E-state index contributed by atoms with van der Waals surface area (Å²) < 4.78 is 11.9. The van der Waals surface area contributed by atoms with Crippen LogP contribution >= 0.6 is 0 Å². The molecule has 1 aromatic heterocycles. The second kappa shape index (κ2) is 4.26. The molecule has 2 aromatic rings. The van der Waals surface area contributed by atoms with E-state index >= 15 is 0 Å². The fourth-order valence-electron chi connectivity index (χ4n) is 3.52. The zero-order valence-electron chi connectivity index (χ0n) is 12.4. The zero-order valence-corrected chi connectivity index (χ0v) is 12.4. The molecule has 4 rings (SSSR count). The van der Waals surface area contributed by atoms with E-state index < -0.39 is 0 Å². The normalized spacial score (nSPS) is 20.2. The lowest BCUT2D eigenvalue weighted by Gasteiger charge is -2.32. The molecule has 1 N–H and O–H groups in total. The lowest BCUT2D eigenvalue weighted by Crippen LogP contribution is -2.32. The van der Waals surface area contributed by atoms with Crippen molar-refractivity contribution in [1.29, 1.82) is 0 Å². The Hall–Kier alpha value is -1.97. The van der Waals surface area contributed by atoms with Gasteiger partial charge in [0.1, 0.15) is 16.9 Å². The SMILES string of the molecule is CC1(C)CCc2cc3c4c(/c(=N/O)oc3cc2O1)CCC4. The highest BCUT2D eigenvalue weighted by Gasteiger charge is 2.28. The minimum Gasteiger partial charge on any atom is -0.487 e. The van der Waals surface area contributed by atoms with Crippen molar-refractivity contribution in [2.75, 3.05) is 0 Å². The van der Waals surface area contributed by atoms with E-state index in [1.165, 1.54) is 11.1 Å². The summed E-state index contributed by atoms with van der Waals surface area (Å²) in [5.41, 5.74) is 4.55. The molecule has 1 aromatic carbocycles. The van der Waals surface area contributed by atoms with Crippen LogP contribution in [0.1, 0.15) is 43.4 Å². The Morgan fingerprint density at radius 3 is 2.76 bits per heavy atom. The first kappa shape index (κ1) is 12.7. The predicted octanol–water partition coefficient (Wildman–Crippen LogP) is 3.32. The van der Waals surface area contributed by atoms with Crippen LogP contribution in [0.25, 0.3) is 11.0 Å². The monoisotopic (exact) mass is 285 g/mol. The van der Waals surface area contributed by atoms with Crippen molar-refractivity contribution in [3.05, 3.63) is 34.4 Å². The summed E-state index contributed by atoms with van der Waals surface area (Å²) in [5.74, 6) is 0.893. The number of ether oxygens (including phenoxy) is 1. The summed E-state index contributed by atoms with van der Waals surface area (Å²) >= 11 is 0. The third kappa shape index (κ3) is 1.93. The van der Waals surface area contributed by atoms with Gasteiger partial charge in [-0.3, -0.25) is 0 Å². The third-order valence-corrected chi connectivity index (χ3v) is 4.64. The second-order valence-corrected chi connectivity index (χ2v) is 6.64. The molecule has 2 heterocycles. The fourth-order valence-corrected chi connectivity index (χ4v) is 3.52. The molecule has 1 aliphatic carbocycles. The first-order valence-corrected chi connectivity index (χ1v) is 7.56. The Bertz CT molecular complexity index is 802. The first-order chi connectivity index (χ1) is 10.1. The molecule has 0 saturated heterocycles. The van der Waals surface area contributed by atoms with Crippen LogP contribution in [0.5, 0.6) is 5.75 Å². The zero-order chi connectivity index (χ0) is 14.6. The predicted molar refractivity (Wildman–Crippen MR) is 78.6 cm³/mol. The lowest BCUT2D eigenvalue weighted by atomic mass is 9.92. The summed E-state index contributed by atoms with van der Waals surface area (Å²) in [4.78, 5) is 0. The van der Waals surface area contributed by atoms with Gasteiger partial charge in [0.25, 0.3) is 5.55 Å². The van der Waals surface area contributed by atoms with Crippen LogP contribution in [-0.4, -0.2) is 10.8 Å². The highest BCUT2D eigenvalue weighted by atomic mass is 16.5. The minimum absolute atomic E-state index is 0.137. The molecule has 0 amide bonds. The molecular weight excluding hydrogens is 266 g/mol. The van der Waals surface area contributed by atoms with Gasteiger partial charge < -0.3 is 14.4 Å². The van der Waals surface area contributed by atoms with E-state index in [1.54, 1.807) is 0 Å². The second-order valence-electron chi connectivity index (χ2n) is 6.64. The average molecular weight is 285 g/mol. The standard InChI is InChI=1S/C17H19NO3/c1-17(2)7-6-10-8-13-11-4-3-5-12(11)16(18-19)20-15(13)9-14(10)21-17/h8-9,19H,3-7H2,1-2H3/b18-16-. The van der Waals surface area contributed by atoms with Crippen LogP contribution in [0.15, 0.2) is 21.7 Å². The number of hydrogen-bond acceptors (Lipinski definition) is 4. The number of aryl methyl sites for hydroxylation is 2. The molecule has 4 heteroatoms. The van der Waals surface area contributed by atoms with Crippen molar-refractivity contribution in [2.45, 2.75) is 51.6 Å². The van der Waals surface area contributed by atoms with E-state index in [0.717, 1.165) is 54.4 Å². The van der Waals surface area contributed by atoms with Crippen molar-refractivity contribution >= 4 is 11.0 Å². The molecule has 2 aliphatic rings. The smallest absolute Gasteiger partial charge is 0.259 e. The van der Waals surface area contributed by atoms with Gasteiger partial charge in [-0.25, -0.2) is 0 Å². The molecule has 4 nitrogen and oxygen atoms in total. The van der Waals surface area contributed by atoms with Crippen LogP contribution in [0, 0.1) is 0 Å². The summed E-state index contributed by atoms with van der Waals surface area (Å²) in [6.07, 6.45) is 5.09. The molecule has 0 fully saturated rings. The number of nitrogens with zero attached hydrogens (tertiary/aromatic N) is 1. The fraction of sp³-hybridized carbons (Fsp3) is 0.471. The van der Waals surface area contributed by atoms with Gasteiger partial charge in [0, 0.05) is 17.0 Å². The third-order valence-electron chi connectivity index (χ3n) is 4.64. The maximum Gasteiger partial charge on any atom is 0.259 e. The van der Waals surface area contributed by atoms with E-state index in [2.05, 4.69) is 25.1 Å². The largest absolute Gasteiger partial charge is 0.487 e. The van der Waals surface area contributed by atoms with Crippen molar-refractivity contribution in [1.82, 2.24) is 0 Å². The van der Waals surface area contributed by atoms with Gasteiger partial charge in [0.2, 0.25) is 0 Å². The van der Waals surface area contributed by atoms with Gasteiger partial charge in [-0.05, 0) is 68.3 Å². The van der Waals surface area contributed by atoms with Gasteiger partial charge in [-0.15, -0.1) is 0 Å². The van der Waals surface area contributed by atoms with Crippen molar-refractivity contribution in [3.8, 4) is 5.75 Å². The van der Waals surface area contributed by atoms with Crippen LogP contribution in [0.4, 0.5) is 0 Å². The number of rotatable bonds is 0. The minimum atomic E-state index is -0.137. The molecule has 0 bridgehead atoms. The van der Waals surface area contributed by atoms with Crippen molar-refractivity contribution in [2.24, 2.45) is 5.16 Å². The van der Waals surface area contributed by atoms with E-state index in [4.69, 9.17) is 9.15 Å². The van der Waals surface area contributed by atoms with Crippen LogP contribution in [0.3, 0.4) is 0 Å². The molecule has 1 aliphatic heterocycles. The lowest BCUT2D eigenvalue weighted by molar-refractivity contribution is 0.0848. The summed E-state index contributed by atoms with van der Waals surface area (Å²) in [6.45, 7) is 4.21. The highest BCUT2D eigenvalue weighted by Crippen LogP contribution is 2.38. The first-order valence-electron chi connectivity index (χ1n) is 7.56. The molecule has 110 valence electrons. The Morgan fingerprint density at radius 2 is 1.95 bits per heavy atom. The van der Waals surface area contributed by atoms with Gasteiger partial charge in [0.15, 0.2) is 0 Å². The van der Waals surface area contributed by atoms with Gasteiger partial charge in [-0.2, -0.15) is 0 Å². The molecule has 0 unspecified atom stereocenters. The molecule has 0 atom stereocenters. The van der Waals surface area contributed by atoms with Crippen LogP contribution in [-0.2, 0) is 19.3 Å². The number of hydrogen-bond donors (Lipinski definition) is 1. The maximum absolute atomic E-state index is 9.18. The van der Waals surface area contributed by atoms with Crippen LogP contribution in [0.2, 0.25) is 0 Å². The molecule has 0 radical (unpaired) electrons. The Kier molecular flexibility index (Phi) is 2.59. The number of fused-ring (bicyclic) bond motifs is 4. The highest BCUT2D eigenvalue weighted by molar-refractivity contribution is 5.84. The van der Waals surface area contributed by atoms with Crippen molar-refractivity contribution in [3.63, 3.8) is 0 Å². The molecule has 0 saturated carbocycles. The Balaban J connectivity index is 2.00. The summed E-state index contributed by atoms with van der Waals surface area (Å²) in [6, 6.07) is 4.16. The van der Waals surface area contributed by atoms with E-state index in [0.29, 0.717) is 5.55 Å². The Labute approximate surface area is 123 Å². The molecular formula is C17H19NO3. The number of benzene rings is 1. The van der Waals surface area contributed by atoms with E-state index in [1.807, 2.05) is 6.07 Å². The topological polar surface area (TPSA) is 55.0 Å². The van der Waals surface area contributed by atoms with E-state index in [-0.39, 0.29) is 5.60 Å². The quantitative estimate of drug-likeness (QED) is 0.597. The summed E-state index contributed by atoms with van der Waals surface area (Å²) in [5, 5.41) is 13.7. The summed E-state index contributed by atoms with van der Waals surface area (Å²) in [7, 11) is 0. The molecule has 21 heavy (non-hydrogen) atoms. The van der Waals surface area contributed by atoms with Gasteiger partial charge >= 0.3 is 0 Å². The Morgan fingerprint density at radius 1 is 1.14 bits per heavy atom. The van der Waals surface area contributed by atoms with Gasteiger partial charge in [0.05, 0.1) is 0 Å². The maximum atomic E-state index is 9.18. The van der Waals surface area contributed by atoms with E-state index in [9.17, 15) is 5.21 Å².